The Bertz CT molecular complexity index is 846. The first-order valence-corrected chi connectivity index (χ1v) is 10.2. The normalized spacial score (nSPS) is 14.9. The molecule has 1 aliphatic heterocycles. The standard InChI is InChI=1S/C23H29N3O4/c1-3-22(24-25-23(27)19-5-4-6-21(17-19)28-2)18-7-9-20(10-8-18)30-16-13-26-11-14-29-15-12-26/h4-10,17H,3,11-16H2,1-2H3,(H,25,27). The van der Waals surface area contributed by atoms with Crippen LogP contribution in [-0.4, -0.2) is 63.1 Å². The smallest absolute Gasteiger partial charge is 0.271 e. The molecule has 0 radical (unpaired) electrons. The molecule has 1 heterocycles. The largest absolute Gasteiger partial charge is 0.497 e. The van der Waals surface area contributed by atoms with Crippen molar-refractivity contribution in [2.45, 2.75) is 13.3 Å². The van der Waals surface area contributed by atoms with Gasteiger partial charge in [0.1, 0.15) is 18.1 Å². The fourth-order valence-corrected chi connectivity index (χ4v) is 3.16. The third-order valence-electron chi connectivity index (χ3n) is 4.93. The number of ether oxygens (including phenoxy) is 3. The minimum absolute atomic E-state index is 0.275. The molecule has 3 rings (SSSR count). The number of hydrogen-bond acceptors (Lipinski definition) is 6. The van der Waals surface area contributed by atoms with E-state index in [9.17, 15) is 4.79 Å². The summed E-state index contributed by atoms with van der Waals surface area (Å²) >= 11 is 0. The lowest BCUT2D eigenvalue weighted by Crippen LogP contribution is -2.38. The van der Waals surface area contributed by atoms with E-state index in [2.05, 4.69) is 15.4 Å². The van der Waals surface area contributed by atoms with Gasteiger partial charge in [-0.25, -0.2) is 5.43 Å². The van der Waals surface area contributed by atoms with E-state index in [1.54, 1.807) is 31.4 Å². The second-order valence-electron chi connectivity index (χ2n) is 6.91. The summed E-state index contributed by atoms with van der Waals surface area (Å²) in [6.45, 7) is 7.04. The molecule has 2 aromatic rings. The van der Waals surface area contributed by atoms with Crippen molar-refractivity contribution in [2.24, 2.45) is 5.10 Å². The molecule has 0 saturated carbocycles. The summed E-state index contributed by atoms with van der Waals surface area (Å²) in [6, 6.07) is 14.8. The highest BCUT2D eigenvalue weighted by molar-refractivity contribution is 6.02. The van der Waals surface area contributed by atoms with Gasteiger partial charge in [0.15, 0.2) is 0 Å². The molecule has 1 amide bonds. The average molecular weight is 412 g/mol. The Hall–Kier alpha value is -2.90. The van der Waals surface area contributed by atoms with Gasteiger partial charge in [-0.05, 0) is 54.4 Å². The summed E-state index contributed by atoms with van der Waals surface area (Å²) in [5, 5.41) is 4.31. The van der Waals surface area contributed by atoms with Gasteiger partial charge in [0, 0.05) is 25.2 Å². The number of nitrogens with one attached hydrogen (secondary N) is 1. The summed E-state index contributed by atoms with van der Waals surface area (Å²) in [4.78, 5) is 14.7. The number of morpholine rings is 1. The molecule has 7 heteroatoms. The molecule has 160 valence electrons. The van der Waals surface area contributed by atoms with Crippen LogP contribution in [0.1, 0.15) is 29.3 Å². The van der Waals surface area contributed by atoms with Gasteiger partial charge in [-0.1, -0.05) is 13.0 Å². The van der Waals surface area contributed by atoms with Crippen LogP contribution < -0.4 is 14.9 Å². The van der Waals surface area contributed by atoms with Crippen LogP contribution in [0, 0.1) is 0 Å². The first kappa shape index (κ1) is 21.8. The highest BCUT2D eigenvalue weighted by atomic mass is 16.5. The third kappa shape index (κ3) is 6.30. The summed E-state index contributed by atoms with van der Waals surface area (Å²) in [5.41, 5.74) is 4.87. The molecule has 2 aromatic carbocycles. The highest BCUT2D eigenvalue weighted by Crippen LogP contribution is 2.15. The number of carbonyl (C=O) groups is 1. The van der Waals surface area contributed by atoms with Gasteiger partial charge in [0.05, 0.1) is 26.0 Å². The molecule has 1 fully saturated rings. The molecule has 0 atom stereocenters. The van der Waals surface area contributed by atoms with Gasteiger partial charge in [-0.3, -0.25) is 9.69 Å². The maximum Gasteiger partial charge on any atom is 0.271 e. The zero-order chi connectivity index (χ0) is 21.2. The van der Waals surface area contributed by atoms with Crippen molar-refractivity contribution in [2.75, 3.05) is 46.6 Å². The average Bonchev–Trinajstić information content (AvgIpc) is 2.81. The van der Waals surface area contributed by atoms with E-state index >= 15 is 0 Å². The van der Waals surface area contributed by atoms with Crippen LogP contribution in [-0.2, 0) is 4.74 Å². The minimum Gasteiger partial charge on any atom is -0.497 e. The summed E-state index contributed by atoms with van der Waals surface area (Å²) in [7, 11) is 1.57. The quantitative estimate of drug-likeness (QED) is 0.507. The van der Waals surface area contributed by atoms with Crippen LogP contribution in [0.4, 0.5) is 0 Å². The zero-order valence-corrected chi connectivity index (χ0v) is 17.6. The number of carbonyl (C=O) groups excluding carboxylic acids is 1. The lowest BCUT2D eigenvalue weighted by Gasteiger charge is -2.26. The Kier molecular flexibility index (Phi) is 8.23. The molecule has 0 aromatic heterocycles. The summed E-state index contributed by atoms with van der Waals surface area (Å²) in [6.07, 6.45) is 0.690. The molecule has 0 bridgehead atoms. The van der Waals surface area contributed by atoms with Crippen LogP contribution in [0.2, 0.25) is 0 Å². The van der Waals surface area contributed by atoms with Crippen molar-refractivity contribution in [3.05, 3.63) is 59.7 Å². The van der Waals surface area contributed by atoms with Crippen LogP contribution in [0.15, 0.2) is 53.6 Å². The predicted octanol–water partition coefficient (Wildman–Crippen LogP) is 2.95. The van der Waals surface area contributed by atoms with Crippen molar-refractivity contribution in [1.82, 2.24) is 10.3 Å². The van der Waals surface area contributed by atoms with Gasteiger partial charge < -0.3 is 14.2 Å². The van der Waals surface area contributed by atoms with Crippen LogP contribution in [0.3, 0.4) is 0 Å². The molecule has 30 heavy (non-hydrogen) atoms. The number of nitrogens with zero attached hydrogens (tertiary/aromatic N) is 2. The van der Waals surface area contributed by atoms with E-state index in [0.29, 0.717) is 24.3 Å². The van der Waals surface area contributed by atoms with Crippen molar-refractivity contribution in [3.63, 3.8) is 0 Å². The third-order valence-corrected chi connectivity index (χ3v) is 4.93. The van der Waals surface area contributed by atoms with Crippen LogP contribution >= 0.6 is 0 Å². The molecule has 1 N–H and O–H groups in total. The zero-order valence-electron chi connectivity index (χ0n) is 17.6. The van der Waals surface area contributed by atoms with Crippen LogP contribution in [0.5, 0.6) is 11.5 Å². The van der Waals surface area contributed by atoms with E-state index < -0.39 is 0 Å². The summed E-state index contributed by atoms with van der Waals surface area (Å²) in [5.74, 6) is 1.18. The molecule has 7 nitrogen and oxygen atoms in total. The van der Waals surface area contributed by atoms with Crippen molar-refractivity contribution in [3.8, 4) is 11.5 Å². The molecule has 0 unspecified atom stereocenters. The number of rotatable bonds is 9. The van der Waals surface area contributed by atoms with E-state index in [0.717, 1.165) is 49.9 Å². The minimum atomic E-state index is -0.275. The Morgan fingerprint density at radius 2 is 1.87 bits per heavy atom. The topological polar surface area (TPSA) is 72.4 Å². The number of benzene rings is 2. The fraction of sp³-hybridized carbons (Fsp3) is 0.391. The van der Waals surface area contributed by atoms with Crippen molar-refractivity contribution >= 4 is 11.6 Å². The molecular weight excluding hydrogens is 382 g/mol. The predicted molar refractivity (Wildman–Crippen MR) is 116 cm³/mol. The SMILES string of the molecule is CCC(=NNC(=O)c1cccc(OC)c1)c1ccc(OCCN2CCOCC2)cc1. The molecule has 1 saturated heterocycles. The first-order chi connectivity index (χ1) is 14.7. The lowest BCUT2D eigenvalue weighted by molar-refractivity contribution is 0.0322. The van der Waals surface area contributed by atoms with Crippen molar-refractivity contribution in [1.29, 1.82) is 0 Å². The van der Waals surface area contributed by atoms with E-state index in [1.165, 1.54) is 0 Å². The Balaban J connectivity index is 1.54. The number of hydrazone groups is 1. The van der Waals surface area contributed by atoms with Crippen LogP contribution in [0.25, 0.3) is 0 Å². The van der Waals surface area contributed by atoms with Gasteiger partial charge in [-0.15, -0.1) is 0 Å². The summed E-state index contributed by atoms with van der Waals surface area (Å²) < 4.78 is 16.4. The van der Waals surface area contributed by atoms with Crippen molar-refractivity contribution < 1.29 is 19.0 Å². The first-order valence-electron chi connectivity index (χ1n) is 10.2. The fourth-order valence-electron chi connectivity index (χ4n) is 3.16. The second-order valence-corrected chi connectivity index (χ2v) is 6.91. The maximum absolute atomic E-state index is 12.4. The monoisotopic (exact) mass is 411 g/mol. The number of methoxy groups -OCH3 is 1. The van der Waals surface area contributed by atoms with Gasteiger partial charge in [0.2, 0.25) is 0 Å². The van der Waals surface area contributed by atoms with Gasteiger partial charge in [-0.2, -0.15) is 5.10 Å². The number of hydrogen-bond donors (Lipinski definition) is 1. The Morgan fingerprint density at radius 1 is 1.10 bits per heavy atom. The maximum atomic E-state index is 12.4. The van der Waals surface area contributed by atoms with Gasteiger partial charge >= 0.3 is 0 Å². The lowest BCUT2D eigenvalue weighted by atomic mass is 10.1. The van der Waals surface area contributed by atoms with E-state index in [-0.39, 0.29) is 5.91 Å². The molecule has 0 aliphatic carbocycles. The Morgan fingerprint density at radius 3 is 2.57 bits per heavy atom. The molecule has 0 spiro atoms. The Labute approximate surface area is 177 Å². The number of amides is 1. The van der Waals surface area contributed by atoms with Gasteiger partial charge in [0.25, 0.3) is 5.91 Å². The second kappa shape index (κ2) is 11.3. The highest BCUT2D eigenvalue weighted by Gasteiger charge is 2.10. The van der Waals surface area contributed by atoms with E-state index in [4.69, 9.17) is 14.2 Å². The molecule has 1 aliphatic rings. The molecular formula is C23H29N3O4. The van der Waals surface area contributed by atoms with E-state index in [1.807, 2.05) is 31.2 Å².